The van der Waals surface area contributed by atoms with Gasteiger partial charge >= 0.3 is 0 Å². The van der Waals surface area contributed by atoms with Gasteiger partial charge in [0, 0.05) is 24.7 Å². The number of nitrogens with one attached hydrogen (secondary N) is 2. The zero-order valence-corrected chi connectivity index (χ0v) is 14.3. The van der Waals surface area contributed by atoms with Crippen molar-refractivity contribution >= 4 is 24.0 Å². The average Bonchev–Trinajstić information content (AvgIpc) is 2.46. The number of rotatable bonds is 5. The van der Waals surface area contributed by atoms with Crippen LogP contribution in [0.2, 0.25) is 0 Å². The molecule has 1 amide bonds. The van der Waals surface area contributed by atoms with Crippen LogP contribution in [0, 0.1) is 15.5 Å². The molecule has 1 heterocycles. The number of nitrogens with zero attached hydrogens (tertiary/aromatic N) is 1. The van der Waals surface area contributed by atoms with Gasteiger partial charge in [0.1, 0.15) is 0 Å². The Hall–Kier alpha value is -1.66. The van der Waals surface area contributed by atoms with E-state index >= 15 is 0 Å². The monoisotopic (exact) mass is 341 g/mol. The summed E-state index contributed by atoms with van der Waals surface area (Å²) in [5.74, 6) is -0.108. The van der Waals surface area contributed by atoms with E-state index in [4.69, 9.17) is 0 Å². The van der Waals surface area contributed by atoms with Gasteiger partial charge in [0.25, 0.3) is 5.69 Å². The first-order chi connectivity index (χ1) is 10.4. The molecule has 7 heteroatoms. The van der Waals surface area contributed by atoms with Crippen molar-refractivity contribution in [1.82, 2.24) is 10.6 Å². The molecule has 0 aliphatic carbocycles. The molecule has 1 saturated heterocycles. The maximum absolute atomic E-state index is 12.0. The van der Waals surface area contributed by atoms with Crippen LogP contribution in [0.25, 0.3) is 0 Å². The summed E-state index contributed by atoms with van der Waals surface area (Å²) < 4.78 is 0. The van der Waals surface area contributed by atoms with Crippen molar-refractivity contribution in [3.63, 3.8) is 0 Å². The molecule has 1 aromatic carbocycles. The maximum Gasteiger partial charge on any atom is 0.269 e. The highest BCUT2D eigenvalue weighted by molar-refractivity contribution is 5.85. The number of non-ortho nitro benzene ring substituents is 1. The Bertz CT molecular complexity index is 563. The van der Waals surface area contributed by atoms with E-state index in [1.54, 1.807) is 12.1 Å². The summed E-state index contributed by atoms with van der Waals surface area (Å²) in [7, 11) is 0. The van der Waals surface area contributed by atoms with Crippen molar-refractivity contribution < 1.29 is 9.72 Å². The molecule has 1 aromatic rings. The molecule has 128 valence electrons. The van der Waals surface area contributed by atoms with Crippen molar-refractivity contribution in [2.24, 2.45) is 5.41 Å². The maximum atomic E-state index is 12.0. The summed E-state index contributed by atoms with van der Waals surface area (Å²) in [4.78, 5) is 22.3. The number of nitro benzene ring substituents is 1. The number of carbonyl (C=O) groups excluding carboxylic acids is 1. The van der Waals surface area contributed by atoms with Gasteiger partial charge in [-0.05, 0) is 30.4 Å². The molecule has 2 rings (SSSR count). The number of hydrogen-bond acceptors (Lipinski definition) is 4. The largest absolute Gasteiger partial charge is 0.354 e. The lowest BCUT2D eigenvalue weighted by atomic mass is 9.77. The number of amides is 1. The summed E-state index contributed by atoms with van der Waals surface area (Å²) in [6.07, 6.45) is 2.46. The minimum absolute atomic E-state index is 0. The van der Waals surface area contributed by atoms with E-state index in [1.165, 1.54) is 12.1 Å². The number of hydrogen-bond donors (Lipinski definition) is 2. The Morgan fingerprint density at radius 3 is 2.87 bits per heavy atom. The van der Waals surface area contributed by atoms with Gasteiger partial charge in [0.05, 0.1) is 11.3 Å². The topological polar surface area (TPSA) is 84.3 Å². The van der Waals surface area contributed by atoms with Gasteiger partial charge in [-0.25, -0.2) is 0 Å². The van der Waals surface area contributed by atoms with E-state index in [0.29, 0.717) is 12.1 Å². The van der Waals surface area contributed by atoms with Crippen LogP contribution >= 0.6 is 12.4 Å². The van der Waals surface area contributed by atoms with Gasteiger partial charge < -0.3 is 10.6 Å². The number of piperidine rings is 1. The van der Waals surface area contributed by atoms with Gasteiger partial charge in [0.2, 0.25) is 5.91 Å². The first kappa shape index (κ1) is 19.4. The highest BCUT2D eigenvalue weighted by Crippen LogP contribution is 2.29. The Morgan fingerprint density at radius 2 is 2.22 bits per heavy atom. The molecule has 0 bridgehead atoms. The Kier molecular flexibility index (Phi) is 6.97. The highest BCUT2D eigenvalue weighted by atomic mass is 35.5. The zero-order chi connectivity index (χ0) is 16.2. The van der Waals surface area contributed by atoms with Crippen molar-refractivity contribution in [2.75, 3.05) is 13.1 Å². The fraction of sp³-hybridized carbons (Fsp3) is 0.562. The quantitative estimate of drug-likeness (QED) is 0.636. The second-order valence-electron chi connectivity index (χ2n) is 6.51. The van der Waals surface area contributed by atoms with Crippen LogP contribution in [0.4, 0.5) is 5.69 Å². The number of benzene rings is 1. The first-order valence-corrected chi connectivity index (χ1v) is 7.62. The molecule has 1 aliphatic rings. The lowest BCUT2D eigenvalue weighted by Gasteiger charge is -2.39. The van der Waals surface area contributed by atoms with Gasteiger partial charge in [-0.2, -0.15) is 0 Å². The predicted molar refractivity (Wildman–Crippen MR) is 91.9 cm³/mol. The van der Waals surface area contributed by atoms with Gasteiger partial charge in [-0.3, -0.25) is 14.9 Å². The summed E-state index contributed by atoms with van der Waals surface area (Å²) in [5, 5.41) is 17.1. The zero-order valence-electron chi connectivity index (χ0n) is 13.5. The molecule has 0 spiro atoms. The Balaban J connectivity index is 0.00000264. The molecule has 0 radical (unpaired) electrons. The van der Waals surface area contributed by atoms with Crippen LogP contribution in [0.5, 0.6) is 0 Å². The Labute approximate surface area is 142 Å². The van der Waals surface area contributed by atoms with Gasteiger partial charge in [-0.1, -0.05) is 26.0 Å². The molecule has 23 heavy (non-hydrogen) atoms. The van der Waals surface area contributed by atoms with Gasteiger partial charge in [0.15, 0.2) is 0 Å². The fourth-order valence-electron chi connectivity index (χ4n) is 2.86. The second-order valence-corrected chi connectivity index (χ2v) is 6.51. The van der Waals surface area contributed by atoms with Crippen LogP contribution in [-0.2, 0) is 11.2 Å². The smallest absolute Gasteiger partial charge is 0.269 e. The summed E-state index contributed by atoms with van der Waals surface area (Å²) in [5.41, 5.74) is 0.833. The van der Waals surface area contributed by atoms with Crippen LogP contribution in [0.1, 0.15) is 32.3 Å². The van der Waals surface area contributed by atoms with E-state index in [1.807, 2.05) is 0 Å². The predicted octanol–water partition coefficient (Wildman–Crippen LogP) is 2.45. The van der Waals surface area contributed by atoms with Crippen LogP contribution < -0.4 is 10.6 Å². The molecular formula is C16H24ClN3O3. The third-order valence-electron chi connectivity index (χ3n) is 4.32. The number of halogens is 1. The lowest BCUT2D eigenvalue weighted by Crippen LogP contribution is -2.52. The molecule has 0 aromatic heterocycles. The normalized spacial score (nSPS) is 19.5. The van der Waals surface area contributed by atoms with E-state index in [0.717, 1.165) is 19.4 Å². The standard InChI is InChI=1S/C16H23N3O3.ClH/c1-16(2)7-4-8-17-14(16)11-18-15(20)10-12-5-3-6-13(9-12)19(21)22;/h3,5-6,9,14,17H,4,7-8,10-11H2,1-2H3,(H,18,20);1H. The van der Waals surface area contributed by atoms with E-state index in [-0.39, 0.29) is 41.9 Å². The number of carbonyl (C=O) groups is 1. The lowest BCUT2D eigenvalue weighted by molar-refractivity contribution is -0.384. The highest BCUT2D eigenvalue weighted by Gasteiger charge is 2.31. The third-order valence-corrected chi connectivity index (χ3v) is 4.32. The molecule has 1 atom stereocenters. The summed E-state index contributed by atoms with van der Waals surface area (Å²) in [6, 6.07) is 6.47. The van der Waals surface area contributed by atoms with Crippen molar-refractivity contribution in [3.8, 4) is 0 Å². The molecular weight excluding hydrogens is 318 g/mol. The van der Waals surface area contributed by atoms with Crippen LogP contribution in [0.15, 0.2) is 24.3 Å². The van der Waals surface area contributed by atoms with Crippen molar-refractivity contribution in [2.45, 2.75) is 39.2 Å². The van der Waals surface area contributed by atoms with Crippen molar-refractivity contribution in [3.05, 3.63) is 39.9 Å². The second kappa shape index (κ2) is 8.26. The SMILES string of the molecule is CC1(C)CCCNC1CNC(=O)Cc1cccc([N+](=O)[O-])c1.Cl. The summed E-state index contributed by atoms with van der Waals surface area (Å²) in [6.45, 7) is 5.97. The van der Waals surface area contributed by atoms with Crippen LogP contribution in [-0.4, -0.2) is 30.0 Å². The fourth-order valence-corrected chi connectivity index (χ4v) is 2.86. The molecule has 1 unspecified atom stereocenters. The first-order valence-electron chi connectivity index (χ1n) is 7.62. The minimum Gasteiger partial charge on any atom is -0.354 e. The third kappa shape index (κ3) is 5.48. The van der Waals surface area contributed by atoms with E-state index < -0.39 is 4.92 Å². The van der Waals surface area contributed by atoms with E-state index in [9.17, 15) is 14.9 Å². The Morgan fingerprint density at radius 1 is 1.48 bits per heavy atom. The van der Waals surface area contributed by atoms with Crippen molar-refractivity contribution in [1.29, 1.82) is 0 Å². The summed E-state index contributed by atoms with van der Waals surface area (Å²) >= 11 is 0. The average molecular weight is 342 g/mol. The van der Waals surface area contributed by atoms with Crippen LogP contribution in [0.3, 0.4) is 0 Å². The molecule has 6 nitrogen and oxygen atoms in total. The minimum atomic E-state index is -0.449. The molecule has 1 aliphatic heterocycles. The molecule has 2 N–H and O–H groups in total. The number of nitro groups is 1. The molecule has 0 saturated carbocycles. The molecule has 1 fully saturated rings. The van der Waals surface area contributed by atoms with E-state index in [2.05, 4.69) is 24.5 Å². The van der Waals surface area contributed by atoms with Gasteiger partial charge in [-0.15, -0.1) is 12.4 Å².